The van der Waals surface area contributed by atoms with Gasteiger partial charge in [-0.1, -0.05) is 55.6 Å². The zero-order valence-corrected chi connectivity index (χ0v) is 21.8. The van der Waals surface area contributed by atoms with E-state index in [4.69, 9.17) is 16.3 Å². The molecule has 8 heteroatoms. The fraction of sp³-hybridized carbons (Fsp3) is 0.136. The van der Waals surface area contributed by atoms with Gasteiger partial charge < -0.3 is 4.74 Å². The van der Waals surface area contributed by atoms with Gasteiger partial charge in [0.15, 0.2) is 0 Å². The van der Waals surface area contributed by atoms with Crippen LogP contribution in [-0.2, 0) is 11.4 Å². The second-order valence-electron chi connectivity index (χ2n) is 6.62. The van der Waals surface area contributed by atoms with Crippen molar-refractivity contribution in [2.45, 2.75) is 12.0 Å². The van der Waals surface area contributed by atoms with Gasteiger partial charge in [-0.05, 0) is 70.0 Å². The van der Waals surface area contributed by atoms with E-state index in [9.17, 15) is 4.79 Å². The second kappa shape index (κ2) is 9.65. The number of amides is 1. The first kappa shape index (κ1) is 22.2. The van der Waals surface area contributed by atoms with Gasteiger partial charge in [-0.3, -0.25) is 9.69 Å². The highest BCUT2D eigenvalue weighted by atomic mass is 79.9. The molecule has 0 N–H and O–H groups in total. The average molecular weight is 633 g/mol. The third-order valence-electron chi connectivity index (χ3n) is 4.57. The molecule has 3 nitrogen and oxygen atoms in total. The minimum absolute atomic E-state index is 0.0577. The zero-order valence-electron chi connectivity index (χ0n) is 15.4. The molecule has 30 heavy (non-hydrogen) atoms. The topological polar surface area (TPSA) is 29.5 Å². The maximum Gasteiger partial charge on any atom is 0.238 e. The standard InChI is InChI=1S/C22H15Br3ClNO2S/c23-14-3-1-13(2-4-14)11-29-21-18(9-15(24)10-19(21)25)22-27(20(28)12-30-22)17-7-5-16(26)6-8-17/h1-10,22H,11-12H2/t22-/m1/s1. The minimum atomic E-state index is -0.201. The summed E-state index contributed by atoms with van der Waals surface area (Å²) in [5.41, 5.74) is 2.80. The van der Waals surface area contributed by atoms with Gasteiger partial charge in [0.2, 0.25) is 5.91 Å². The fourth-order valence-electron chi connectivity index (χ4n) is 3.19. The second-order valence-corrected chi connectivity index (χ2v) is 10.8. The molecule has 0 spiro atoms. The molecule has 1 aliphatic heterocycles. The summed E-state index contributed by atoms with van der Waals surface area (Å²) in [5.74, 6) is 1.19. The van der Waals surface area contributed by atoms with Crippen LogP contribution in [0.15, 0.2) is 74.1 Å². The summed E-state index contributed by atoms with van der Waals surface area (Å²) in [5, 5.41) is 0.436. The van der Waals surface area contributed by atoms with Crippen LogP contribution in [0.1, 0.15) is 16.5 Å². The predicted molar refractivity (Wildman–Crippen MR) is 134 cm³/mol. The summed E-state index contributed by atoms with van der Waals surface area (Å²) < 4.78 is 9.02. The van der Waals surface area contributed by atoms with Gasteiger partial charge in [-0.25, -0.2) is 0 Å². The number of anilines is 1. The normalized spacial score (nSPS) is 16.2. The molecule has 1 atom stereocenters. The van der Waals surface area contributed by atoms with Gasteiger partial charge in [0.25, 0.3) is 0 Å². The van der Waals surface area contributed by atoms with Crippen molar-refractivity contribution in [1.82, 2.24) is 0 Å². The number of hydrogen-bond donors (Lipinski definition) is 0. The van der Waals surface area contributed by atoms with Crippen LogP contribution in [0, 0.1) is 0 Å². The SMILES string of the molecule is O=C1CS[C@H](c2cc(Br)cc(Br)c2OCc2ccc(Br)cc2)N1c1ccc(Cl)cc1. The molecule has 3 aromatic carbocycles. The molecule has 0 aliphatic carbocycles. The van der Waals surface area contributed by atoms with Crippen LogP contribution in [0.25, 0.3) is 0 Å². The lowest BCUT2D eigenvalue weighted by molar-refractivity contribution is -0.115. The number of carbonyl (C=O) groups excluding carboxylic acids is 1. The zero-order chi connectivity index (χ0) is 21.3. The van der Waals surface area contributed by atoms with Crippen molar-refractivity contribution < 1.29 is 9.53 Å². The molecule has 0 bridgehead atoms. The van der Waals surface area contributed by atoms with Gasteiger partial charge >= 0.3 is 0 Å². The van der Waals surface area contributed by atoms with Crippen molar-refractivity contribution in [3.63, 3.8) is 0 Å². The molecular formula is C22H15Br3ClNO2S. The maximum atomic E-state index is 12.7. The molecule has 1 heterocycles. The van der Waals surface area contributed by atoms with Crippen molar-refractivity contribution in [3.05, 3.63) is 90.2 Å². The van der Waals surface area contributed by atoms with Crippen molar-refractivity contribution in [3.8, 4) is 5.75 Å². The van der Waals surface area contributed by atoms with E-state index in [0.717, 1.165) is 36.0 Å². The van der Waals surface area contributed by atoms with Gasteiger partial charge in [0, 0.05) is 25.2 Å². The maximum absolute atomic E-state index is 12.7. The lowest BCUT2D eigenvalue weighted by Crippen LogP contribution is -2.28. The Balaban J connectivity index is 1.69. The number of thioether (sulfide) groups is 1. The molecule has 3 aromatic rings. The number of rotatable bonds is 5. The summed E-state index contributed by atoms with van der Waals surface area (Å²) >= 11 is 18.3. The number of ether oxygens (including phenoxy) is 1. The van der Waals surface area contributed by atoms with E-state index in [1.165, 1.54) is 0 Å². The molecule has 1 aliphatic rings. The molecule has 1 fully saturated rings. The van der Waals surface area contributed by atoms with Crippen LogP contribution in [0.4, 0.5) is 5.69 Å². The summed E-state index contributed by atoms with van der Waals surface area (Å²) in [7, 11) is 0. The van der Waals surface area contributed by atoms with E-state index in [1.807, 2.05) is 53.4 Å². The van der Waals surface area contributed by atoms with E-state index < -0.39 is 0 Å². The average Bonchev–Trinajstić information content (AvgIpc) is 3.10. The molecule has 0 unspecified atom stereocenters. The number of nitrogens with zero attached hydrogens (tertiary/aromatic N) is 1. The van der Waals surface area contributed by atoms with Crippen LogP contribution < -0.4 is 9.64 Å². The number of benzene rings is 3. The Morgan fingerprint density at radius 3 is 2.40 bits per heavy atom. The molecule has 154 valence electrons. The first-order valence-electron chi connectivity index (χ1n) is 8.98. The quantitative estimate of drug-likeness (QED) is 0.286. The Bertz CT molecular complexity index is 1080. The number of hydrogen-bond acceptors (Lipinski definition) is 3. The monoisotopic (exact) mass is 629 g/mol. The summed E-state index contributed by atoms with van der Waals surface area (Å²) in [6, 6.07) is 19.3. The van der Waals surface area contributed by atoms with Crippen LogP contribution >= 0.6 is 71.2 Å². The summed E-state index contributed by atoms with van der Waals surface area (Å²) in [6.45, 7) is 0.423. The lowest BCUT2D eigenvalue weighted by Gasteiger charge is -2.27. The number of halogens is 4. The lowest BCUT2D eigenvalue weighted by atomic mass is 10.1. The van der Waals surface area contributed by atoms with Crippen molar-refractivity contribution in [2.24, 2.45) is 0 Å². The van der Waals surface area contributed by atoms with E-state index in [1.54, 1.807) is 23.9 Å². The van der Waals surface area contributed by atoms with Gasteiger partial charge in [0.05, 0.1) is 10.2 Å². The fourth-order valence-corrected chi connectivity index (χ4v) is 6.13. The van der Waals surface area contributed by atoms with Crippen molar-refractivity contribution in [2.75, 3.05) is 10.7 Å². The smallest absolute Gasteiger partial charge is 0.238 e. The third-order valence-corrected chi connectivity index (χ3v) is 7.59. The first-order chi connectivity index (χ1) is 14.4. The molecule has 0 saturated carbocycles. The van der Waals surface area contributed by atoms with Gasteiger partial charge in [0.1, 0.15) is 17.7 Å². The minimum Gasteiger partial charge on any atom is -0.487 e. The summed E-state index contributed by atoms with van der Waals surface area (Å²) in [4.78, 5) is 14.5. The van der Waals surface area contributed by atoms with Crippen LogP contribution in [0.2, 0.25) is 5.02 Å². The molecule has 1 saturated heterocycles. The molecule has 4 rings (SSSR count). The third kappa shape index (κ3) is 4.91. The first-order valence-corrected chi connectivity index (χ1v) is 12.8. The largest absolute Gasteiger partial charge is 0.487 e. The highest BCUT2D eigenvalue weighted by Gasteiger charge is 2.36. The Kier molecular flexibility index (Phi) is 7.15. The van der Waals surface area contributed by atoms with Gasteiger partial charge in [-0.15, -0.1) is 11.8 Å². The Morgan fingerprint density at radius 1 is 1.00 bits per heavy atom. The number of carbonyl (C=O) groups is 1. The Morgan fingerprint density at radius 2 is 1.70 bits per heavy atom. The predicted octanol–water partition coefficient (Wildman–Crippen LogP) is 7.99. The molecule has 0 radical (unpaired) electrons. The van der Waals surface area contributed by atoms with Crippen molar-refractivity contribution >= 4 is 82.7 Å². The molecular weight excluding hydrogens is 617 g/mol. The highest BCUT2D eigenvalue weighted by molar-refractivity contribution is 9.11. The molecule has 1 amide bonds. The van der Waals surface area contributed by atoms with Crippen molar-refractivity contribution in [1.29, 1.82) is 0 Å². The Labute approximate surface area is 209 Å². The van der Waals surface area contributed by atoms with Crippen LogP contribution in [-0.4, -0.2) is 11.7 Å². The van der Waals surface area contributed by atoms with Crippen LogP contribution in [0.3, 0.4) is 0 Å². The molecule has 0 aromatic heterocycles. The van der Waals surface area contributed by atoms with E-state index >= 15 is 0 Å². The summed E-state index contributed by atoms with van der Waals surface area (Å²) in [6.07, 6.45) is 0. The van der Waals surface area contributed by atoms with E-state index in [-0.39, 0.29) is 11.3 Å². The van der Waals surface area contributed by atoms with Crippen LogP contribution in [0.5, 0.6) is 5.75 Å². The van der Waals surface area contributed by atoms with E-state index in [2.05, 4.69) is 47.8 Å². The van der Waals surface area contributed by atoms with Gasteiger partial charge in [-0.2, -0.15) is 0 Å². The van der Waals surface area contributed by atoms with E-state index in [0.29, 0.717) is 17.4 Å². The Hall–Kier alpha value is -0.990. The highest BCUT2D eigenvalue weighted by Crippen LogP contribution is 2.48.